The molecule has 1 unspecified atom stereocenters. The van der Waals surface area contributed by atoms with Crippen molar-refractivity contribution in [3.8, 4) is 5.75 Å². The first kappa shape index (κ1) is 14.5. The lowest BCUT2D eigenvalue weighted by molar-refractivity contribution is -0.146. The third-order valence-corrected chi connectivity index (χ3v) is 2.51. The van der Waals surface area contributed by atoms with Crippen molar-refractivity contribution in [3.05, 3.63) is 29.8 Å². The summed E-state index contributed by atoms with van der Waals surface area (Å²) in [6, 6.07) is 7.13. The minimum Gasteiger partial charge on any atom is -0.491 e. The largest absolute Gasteiger partial charge is 0.491 e. The van der Waals surface area contributed by atoms with Crippen LogP contribution in [0.25, 0.3) is 0 Å². The fourth-order valence-corrected chi connectivity index (χ4v) is 1.76. The molecule has 0 fully saturated rings. The highest BCUT2D eigenvalue weighted by atomic mass is 16.5. The number of carbonyl (C=O) groups excluding carboxylic acids is 1. The van der Waals surface area contributed by atoms with E-state index in [-0.39, 0.29) is 18.1 Å². The molecule has 4 nitrogen and oxygen atoms in total. The molecule has 0 amide bonds. The number of hydrogen-bond acceptors (Lipinski definition) is 4. The van der Waals surface area contributed by atoms with E-state index in [0.29, 0.717) is 0 Å². The predicted molar refractivity (Wildman–Crippen MR) is 70.7 cm³/mol. The van der Waals surface area contributed by atoms with Crippen molar-refractivity contribution >= 4 is 5.97 Å². The molecule has 0 aliphatic heterocycles. The molecular formula is C14H21NO3. The lowest BCUT2D eigenvalue weighted by Crippen LogP contribution is -2.28. The number of ether oxygens (including phenoxy) is 2. The van der Waals surface area contributed by atoms with Crippen LogP contribution in [0.1, 0.15) is 25.5 Å². The highest BCUT2D eigenvalue weighted by Crippen LogP contribution is 2.22. The van der Waals surface area contributed by atoms with E-state index in [4.69, 9.17) is 9.47 Å². The van der Waals surface area contributed by atoms with Crippen molar-refractivity contribution in [1.29, 1.82) is 0 Å². The first-order chi connectivity index (χ1) is 8.45. The van der Waals surface area contributed by atoms with Gasteiger partial charge in [0.1, 0.15) is 11.8 Å². The van der Waals surface area contributed by atoms with Crippen molar-refractivity contribution < 1.29 is 14.3 Å². The van der Waals surface area contributed by atoms with Crippen LogP contribution in [0.5, 0.6) is 5.75 Å². The first-order valence-electron chi connectivity index (χ1n) is 5.96. The van der Waals surface area contributed by atoms with Gasteiger partial charge in [-0.25, -0.2) is 4.79 Å². The summed E-state index contributed by atoms with van der Waals surface area (Å²) in [4.78, 5) is 13.5. The Hall–Kier alpha value is -1.55. The Kier molecular flexibility index (Phi) is 5.16. The molecule has 1 aromatic rings. The second-order valence-electron chi connectivity index (χ2n) is 4.62. The van der Waals surface area contributed by atoms with Gasteiger partial charge in [-0.2, -0.15) is 0 Å². The van der Waals surface area contributed by atoms with Crippen LogP contribution in [0.3, 0.4) is 0 Å². The number of carbonyl (C=O) groups is 1. The highest BCUT2D eigenvalue weighted by Gasteiger charge is 2.23. The zero-order valence-corrected chi connectivity index (χ0v) is 11.6. The molecule has 0 bridgehead atoms. The Morgan fingerprint density at radius 3 is 2.11 bits per heavy atom. The molecule has 100 valence electrons. The lowest BCUT2D eigenvalue weighted by Gasteiger charge is -2.22. The van der Waals surface area contributed by atoms with Gasteiger partial charge in [-0.05, 0) is 45.6 Å². The number of nitrogens with zero attached hydrogens (tertiary/aromatic N) is 1. The molecule has 0 spiro atoms. The minimum atomic E-state index is -0.386. The zero-order chi connectivity index (χ0) is 13.7. The monoisotopic (exact) mass is 251 g/mol. The van der Waals surface area contributed by atoms with Gasteiger partial charge in [0.15, 0.2) is 0 Å². The summed E-state index contributed by atoms with van der Waals surface area (Å²) in [6.07, 6.45) is 0.140. The van der Waals surface area contributed by atoms with E-state index < -0.39 is 0 Å². The van der Waals surface area contributed by atoms with Gasteiger partial charge in [-0.1, -0.05) is 12.1 Å². The topological polar surface area (TPSA) is 38.8 Å². The summed E-state index contributed by atoms with van der Waals surface area (Å²) in [6.45, 7) is 3.95. The summed E-state index contributed by atoms with van der Waals surface area (Å²) in [5, 5.41) is 0. The molecule has 0 heterocycles. The predicted octanol–water partition coefficient (Wildman–Crippen LogP) is 2.25. The maximum absolute atomic E-state index is 11.7. The van der Waals surface area contributed by atoms with Crippen LogP contribution < -0.4 is 4.74 Å². The summed E-state index contributed by atoms with van der Waals surface area (Å²) in [5.74, 6) is 0.536. The molecule has 0 saturated carbocycles. The van der Waals surface area contributed by atoms with Crippen LogP contribution >= 0.6 is 0 Å². The molecule has 0 aliphatic rings. The average molecular weight is 251 g/mol. The fraction of sp³-hybridized carbons (Fsp3) is 0.500. The number of methoxy groups -OCH3 is 1. The smallest absolute Gasteiger partial charge is 0.327 e. The fourth-order valence-electron chi connectivity index (χ4n) is 1.76. The standard InChI is InChI=1S/C14H21NO3/c1-10(2)18-12-8-6-11(7-9-12)13(15(3)4)14(16)17-5/h6-10,13H,1-5H3. The van der Waals surface area contributed by atoms with Gasteiger partial charge >= 0.3 is 5.97 Å². The second kappa shape index (κ2) is 6.40. The van der Waals surface area contributed by atoms with Gasteiger partial charge in [-0.15, -0.1) is 0 Å². The highest BCUT2D eigenvalue weighted by molar-refractivity contribution is 5.77. The van der Waals surface area contributed by atoms with Crippen LogP contribution in [0, 0.1) is 0 Å². The molecule has 0 aliphatic carbocycles. The number of hydrogen-bond donors (Lipinski definition) is 0. The second-order valence-corrected chi connectivity index (χ2v) is 4.62. The van der Waals surface area contributed by atoms with Gasteiger partial charge < -0.3 is 9.47 Å². The number of esters is 1. The number of likely N-dealkylation sites (N-methyl/N-ethyl adjacent to an activating group) is 1. The molecule has 0 aromatic heterocycles. The number of benzene rings is 1. The summed E-state index contributed by atoms with van der Waals surface area (Å²) in [7, 11) is 5.09. The van der Waals surface area contributed by atoms with Gasteiger partial charge in [0.25, 0.3) is 0 Å². The van der Waals surface area contributed by atoms with E-state index in [1.807, 2.05) is 57.1 Å². The Morgan fingerprint density at radius 2 is 1.72 bits per heavy atom. The van der Waals surface area contributed by atoms with E-state index in [9.17, 15) is 4.79 Å². The molecule has 1 aromatic carbocycles. The van der Waals surface area contributed by atoms with Crippen molar-refractivity contribution in [2.45, 2.75) is 26.0 Å². The van der Waals surface area contributed by atoms with E-state index in [1.54, 1.807) is 0 Å². The van der Waals surface area contributed by atoms with Crippen LogP contribution in [0.15, 0.2) is 24.3 Å². The Labute approximate surface area is 108 Å². The molecule has 0 saturated heterocycles. The molecule has 18 heavy (non-hydrogen) atoms. The summed E-state index contributed by atoms with van der Waals surface area (Å²) < 4.78 is 10.4. The van der Waals surface area contributed by atoms with Gasteiger partial charge in [0.2, 0.25) is 0 Å². The van der Waals surface area contributed by atoms with E-state index in [2.05, 4.69) is 0 Å². The molecule has 4 heteroatoms. The lowest BCUT2D eigenvalue weighted by atomic mass is 10.1. The molecule has 0 radical (unpaired) electrons. The minimum absolute atomic E-state index is 0.140. The van der Waals surface area contributed by atoms with Gasteiger partial charge in [0, 0.05) is 0 Å². The molecule has 1 rings (SSSR count). The van der Waals surface area contributed by atoms with Crippen LogP contribution in [-0.4, -0.2) is 38.2 Å². The van der Waals surface area contributed by atoms with Crippen molar-refractivity contribution in [2.24, 2.45) is 0 Å². The maximum atomic E-state index is 11.7. The van der Waals surface area contributed by atoms with E-state index in [0.717, 1.165) is 11.3 Å². The summed E-state index contributed by atoms with van der Waals surface area (Å²) >= 11 is 0. The Bertz CT molecular complexity index is 385. The van der Waals surface area contributed by atoms with Crippen LogP contribution in [0.2, 0.25) is 0 Å². The van der Waals surface area contributed by atoms with Crippen molar-refractivity contribution in [3.63, 3.8) is 0 Å². The SMILES string of the molecule is COC(=O)C(c1ccc(OC(C)C)cc1)N(C)C. The van der Waals surface area contributed by atoms with Gasteiger partial charge in [0.05, 0.1) is 13.2 Å². The molecular weight excluding hydrogens is 230 g/mol. The first-order valence-corrected chi connectivity index (χ1v) is 5.96. The average Bonchev–Trinajstić information content (AvgIpc) is 2.30. The molecule has 1 atom stereocenters. The summed E-state index contributed by atoms with van der Waals surface area (Å²) in [5.41, 5.74) is 0.892. The zero-order valence-electron chi connectivity index (χ0n) is 11.6. The van der Waals surface area contributed by atoms with E-state index >= 15 is 0 Å². The van der Waals surface area contributed by atoms with Gasteiger partial charge in [-0.3, -0.25) is 4.90 Å². The van der Waals surface area contributed by atoms with Crippen LogP contribution in [0.4, 0.5) is 0 Å². The quantitative estimate of drug-likeness (QED) is 0.752. The Morgan fingerprint density at radius 1 is 1.17 bits per heavy atom. The number of rotatable bonds is 5. The van der Waals surface area contributed by atoms with E-state index in [1.165, 1.54) is 7.11 Å². The van der Waals surface area contributed by atoms with Crippen molar-refractivity contribution in [1.82, 2.24) is 4.90 Å². The Balaban J connectivity index is 2.90. The maximum Gasteiger partial charge on any atom is 0.327 e. The normalized spacial score (nSPS) is 12.6. The third kappa shape index (κ3) is 3.74. The van der Waals surface area contributed by atoms with Crippen LogP contribution in [-0.2, 0) is 9.53 Å². The third-order valence-electron chi connectivity index (χ3n) is 2.51. The van der Waals surface area contributed by atoms with Crippen molar-refractivity contribution in [2.75, 3.05) is 21.2 Å². The molecule has 0 N–H and O–H groups in total.